The van der Waals surface area contributed by atoms with Crippen molar-refractivity contribution in [3.05, 3.63) is 58.4 Å². The summed E-state index contributed by atoms with van der Waals surface area (Å²) in [6, 6.07) is 3.77. The summed E-state index contributed by atoms with van der Waals surface area (Å²) in [5.74, 6) is -2.66. The van der Waals surface area contributed by atoms with Crippen LogP contribution in [0.15, 0.2) is 24.8 Å². The van der Waals surface area contributed by atoms with Crippen molar-refractivity contribution in [2.75, 3.05) is 6.54 Å². The average Bonchev–Trinajstić information content (AvgIpc) is 3.38. The molecule has 0 bridgehead atoms. The van der Waals surface area contributed by atoms with Crippen molar-refractivity contribution >= 4 is 23.1 Å². The Morgan fingerprint density at radius 1 is 1.41 bits per heavy atom. The highest BCUT2D eigenvalue weighted by Gasteiger charge is 2.38. The van der Waals surface area contributed by atoms with Crippen molar-refractivity contribution in [1.82, 2.24) is 14.7 Å². The molecule has 1 aromatic heterocycles. The zero-order chi connectivity index (χ0) is 19.9. The van der Waals surface area contributed by atoms with Crippen LogP contribution in [-0.2, 0) is 7.05 Å². The molecule has 1 heterocycles. The van der Waals surface area contributed by atoms with Gasteiger partial charge in [0.25, 0.3) is 12.3 Å². The molecule has 1 amide bonds. The number of nitrogens with zero attached hydrogens (tertiary/aromatic N) is 3. The molecular formula is C18H16ClF4N3O. The fourth-order valence-electron chi connectivity index (χ4n) is 2.84. The number of benzene rings is 1. The molecule has 1 fully saturated rings. The van der Waals surface area contributed by atoms with Gasteiger partial charge in [-0.3, -0.25) is 4.79 Å². The van der Waals surface area contributed by atoms with Gasteiger partial charge in [0, 0.05) is 30.2 Å². The Kier molecular flexibility index (Phi) is 5.28. The topological polar surface area (TPSA) is 38.1 Å². The van der Waals surface area contributed by atoms with Gasteiger partial charge in [0.2, 0.25) is 5.95 Å². The number of hydrogen-bond acceptors (Lipinski definition) is 2. The number of rotatable bonds is 6. The summed E-state index contributed by atoms with van der Waals surface area (Å²) >= 11 is 5.73. The fourth-order valence-corrected chi connectivity index (χ4v) is 3.00. The third kappa shape index (κ3) is 3.85. The molecule has 1 aliphatic rings. The van der Waals surface area contributed by atoms with E-state index in [-0.39, 0.29) is 28.7 Å². The highest BCUT2D eigenvalue weighted by molar-refractivity contribution is 6.30. The molecule has 1 aliphatic carbocycles. The van der Waals surface area contributed by atoms with Crippen molar-refractivity contribution in [3.8, 4) is 0 Å². The monoisotopic (exact) mass is 401 g/mol. The fraction of sp³-hybridized carbons (Fsp3) is 0.333. The zero-order valence-electron chi connectivity index (χ0n) is 14.4. The van der Waals surface area contributed by atoms with Crippen LogP contribution in [0.2, 0.25) is 5.02 Å². The molecule has 2 aromatic rings. The Labute approximate surface area is 158 Å². The Morgan fingerprint density at radius 3 is 2.63 bits per heavy atom. The summed E-state index contributed by atoms with van der Waals surface area (Å²) in [5, 5.41) is 3.61. The molecule has 144 valence electrons. The predicted octanol–water partition coefficient (Wildman–Crippen LogP) is 4.61. The largest absolute Gasteiger partial charge is 0.331 e. The van der Waals surface area contributed by atoms with Gasteiger partial charge in [-0.25, -0.2) is 17.9 Å². The first kappa shape index (κ1) is 19.4. The van der Waals surface area contributed by atoms with Gasteiger partial charge in [-0.2, -0.15) is 9.49 Å². The molecule has 0 aliphatic heterocycles. The average molecular weight is 402 g/mol. The Balaban J connectivity index is 1.91. The van der Waals surface area contributed by atoms with Crippen molar-refractivity contribution in [1.29, 1.82) is 0 Å². The van der Waals surface area contributed by atoms with E-state index < -0.39 is 35.4 Å². The number of amides is 1. The van der Waals surface area contributed by atoms with Crippen LogP contribution in [0, 0.1) is 11.8 Å². The maximum absolute atomic E-state index is 14.3. The smallest absolute Gasteiger partial charge is 0.283 e. The molecule has 4 nitrogen and oxygen atoms in total. The van der Waals surface area contributed by atoms with Crippen LogP contribution in [0.3, 0.4) is 0 Å². The van der Waals surface area contributed by atoms with E-state index in [2.05, 4.69) is 11.7 Å². The second-order valence-electron chi connectivity index (χ2n) is 6.37. The molecule has 0 N–H and O–H groups in total. The predicted molar refractivity (Wildman–Crippen MR) is 92.6 cm³/mol. The van der Waals surface area contributed by atoms with Gasteiger partial charge < -0.3 is 4.90 Å². The molecule has 0 spiro atoms. The van der Waals surface area contributed by atoms with Crippen molar-refractivity contribution in [2.45, 2.75) is 25.3 Å². The summed E-state index contributed by atoms with van der Waals surface area (Å²) in [5.41, 5.74) is -1.26. The molecular weight excluding hydrogens is 386 g/mol. The van der Waals surface area contributed by atoms with Crippen LogP contribution in [0.4, 0.5) is 17.6 Å². The van der Waals surface area contributed by atoms with E-state index >= 15 is 0 Å². The lowest BCUT2D eigenvalue weighted by molar-refractivity contribution is 0.0747. The van der Waals surface area contributed by atoms with Crippen LogP contribution in [0.5, 0.6) is 0 Å². The second kappa shape index (κ2) is 7.34. The van der Waals surface area contributed by atoms with E-state index in [4.69, 9.17) is 11.6 Å². The van der Waals surface area contributed by atoms with Crippen molar-refractivity contribution in [2.24, 2.45) is 7.05 Å². The first-order chi connectivity index (χ1) is 12.7. The number of carbonyl (C=O) groups is 1. The first-order valence-electron chi connectivity index (χ1n) is 8.15. The van der Waals surface area contributed by atoms with E-state index in [1.807, 2.05) is 0 Å². The zero-order valence-corrected chi connectivity index (χ0v) is 15.1. The number of hydrogen-bond donors (Lipinski definition) is 0. The molecule has 0 saturated heterocycles. The lowest BCUT2D eigenvalue weighted by atomic mass is 10.1. The van der Waals surface area contributed by atoms with Gasteiger partial charge in [-0.05, 0) is 30.5 Å². The van der Waals surface area contributed by atoms with E-state index in [1.165, 1.54) is 17.0 Å². The Morgan fingerprint density at radius 2 is 2.07 bits per heavy atom. The van der Waals surface area contributed by atoms with Gasteiger partial charge >= 0.3 is 0 Å². The number of carbonyl (C=O) groups excluding carboxylic acids is 1. The Hall–Kier alpha value is -2.35. The molecule has 3 rings (SSSR count). The third-order valence-corrected chi connectivity index (χ3v) is 4.58. The van der Waals surface area contributed by atoms with Crippen LogP contribution in [0.1, 0.15) is 40.9 Å². The van der Waals surface area contributed by atoms with Crippen LogP contribution in [0.25, 0.3) is 5.57 Å². The SMILES string of the molecule is C=C(CN(C(=O)c1c(C(F)F)nn(C)c1F)C1CC1)c1ccc(Cl)cc1F. The van der Waals surface area contributed by atoms with E-state index in [9.17, 15) is 22.4 Å². The van der Waals surface area contributed by atoms with Gasteiger partial charge in [0.1, 0.15) is 17.1 Å². The van der Waals surface area contributed by atoms with Crippen molar-refractivity contribution in [3.63, 3.8) is 0 Å². The second-order valence-corrected chi connectivity index (χ2v) is 6.80. The summed E-state index contributed by atoms with van der Waals surface area (Å²) in [4.78, 5) is 14.1. The minimum absolute atomic E-state index is 0.126. The summed E-state index contributed by atoms with van der Waals surface area (Å²) in [7, 11) is 1.14. The standard InChI is InChI=1S/C18H16ClF4N3O/c1-9(12-6-3-10(19)7-13(12)20)8-26(11-4-5-11)18(27)14-15(16(21)22)24-25(2)17(14)23/h3,6-7,11,16H,1,4-5,8H2,2H3. The molecule has 0 radical (unpaired) electrons. The molecule has 0 atom stereocenters. The first-order valence-corrected chi connectivity index (χ1v) is 8.53. The van der Waals surface area contributed by atoms with Crippen molar-refractivity contribution < 1.29 is 22.4 Å². The van der Waals surface area contributed by atoms with E-state index in [0.29, 0.717) is 17.5 Å². The lowest BCUT2D eigenvalue weighted by Crippen LogP contribution is -2.35. The summed E-state index contributed by atoms with van der Waals surface area (Å²) in [6.45, 7) is 3.66. The van der Waals surface area contributed by atoms with Gasteiger partial charge in [0.05, 0.1) is 0 Å². The van der Waals surface area contributed by atoms with E-state index in [0.717, 1.165) is 13.1 Å². The maximum atomic E-state index is 14.3. The molecule has 27 heavy (non-hydrogen) atoms. The molecule has 0 unspecified atom stereocenters. The summed E-state index contributed by atoms with van der Waals surface area (Å²) < 4.78 is 55.4. The number of aryl methyl sites for hydroxylation is 1. The number of alkyl halides is 2. The lowest BCUT2D eigenvalue weighted by Gasteiger charge is -2.24. The van der Waals surface area contributed by atoms with Crippen LogP contribution in [-0.4, -0.2) is 33.2 Å². The van der Waals surface area contributed by atoms with E-state index in [1.54, 1.807) is 0 Å². The highest BCUT2D eigenvalue weighted by atomic mass is 35.5. The van der Waals surface area contributed by atoms with Gasteiger partial charge in [-0.1, -0.05) is 24.2 Å². The normalized spacial score (nSPS) is 13.9. The van der Waals surface area contributed by atoms with Crippen LogP contribution >= 0.6 is 11.6 Å². The minimum Gasteiger partial charge on any atom is -0.331 e. The summed E-state index contributed by atoms with van der Waals surface area (Å²) in [6.07, 6.45) is -1.81. The molecule has 1 aromatic carbocycles. The number of aromatic nitrogens is 2. The molecule has 1 saturated carbocycles. The van der Waals surface area contributed by atoms with Gasteiger partial charge in [-0.15, -0.1) is 0 Å². The number of halogens is 5. The molecule has 9 heteroatoms. The Bertz CT molecular complexity index is 908. The maximum Gasteiger partial charge on any atom is 0.283 e. The minimum atomic E-state index is -3.10. The van der Waals surface area contributed by atoms with Crippen LogP contribution < -0.4 is 0 Å². The third-order valence-electron chi connectivity index (χ3n) is 4.35. The quantitative estimate of drug-likeness (QED) is 0.663. The van der Waals surface area contributed by atoms with Gasteiger partial charge in [0.15, 0.2) is 0 Å². The highest BCUT2D eigenvalue weighted by Crippen LogP contribution is 2.33.